The molecular formula is C12H21NO. The Labute approximate surface area is 87.8 Å². The zero-order valence-electron chi connectivity index (χ0n) is 9.21. The van der Waals surface area contributed by atoms with E-state index in [9.17, 15) is 4.79 Å². The number of carbonyl (C=O) groups excluding carboxylic acids is 1. The van der Waals surface area contributed by atoms with E-state index in [0.717, 1.165) is 13.0 Å². The van der Waals surface area contributed by atoms with Crippen molar-refractivity contribution in [3.05, 3.63) is 35.9 Å². The molecule has 80 valence electrons. The standard InChI is InChI=1S/C10H13NO.C2H6.H2/c1-9(12)11-8-7-10-5-3-2-4-6-10;1-2;/h2-6H,7-8H2,1H3,(H,11,12);1-2H3;1H. The predicted octanol–water partition coefficient (Wildman–Crippen LogP) is 2.64. The quantitative estimate of drug-likeness (QED) is 0.789. The minimum Gasteiger partial charge on any atom is -0.356 e. The first-order valence-corrected chi connectivity index (χ1v) is 5.07. The lowest BCUT2D eigenvalue weighted by molar-refractivity contribution is -0.118. The zero-order valence-corrected chi connectivity index (χ0v) is 9.21. The van der Waals surface area contributed by atoms with Gasteiger partial charge in [-0.05, 0) is 12.0 Å². The second-order valence-corrected chi connectivity index (χ2v) is 2.72. The third-order valence-electron chi connectivity index (χ3n) is 1.63. The molecule has 1 aromatic rings. The van der Waals surface area contributed by atoms with Crippen LogP contribution in [0.25, 0.3) is 0 Å². The number of benzene rings is 1. The third kappa shape index (κ3) is 6.23. The lowest BCUT2D eigenvalue weighted by Crippen LogP contribution is -2.22. The van der Waals surface area contributed by atoms with E-state index in [1.807, 2.05) is 32.0 Å². The van der Waals surface area contributed by atoms with Crippen LogP contribution in [-0.4, -0.2) is 12.5 Å². The van der Waals surface area contributed by atoms with Crippen LogP contribution in [0.1, 0.15) is 27.8 Å². The molecule has 0 saturated heterocycles. The van der Waals surface area contributed by atoms with Crippen molar-refractivity contribution >= 4 is 5.91 Å². The van der Waals surface area contributed by atoms with Crippen LogP contribution >= 0.6 is 0 Å². The highest BCUT2D eigenvalue weighted by atomic mass is 16.1. The van der Waals surface area contributed by atoms with E-state index in [2.05, 4.69) is 17.4 Å². The molecular weight excluding hydrogens is 174 g/mol. The molecule has 2 nitrogen and oxygen atoms in total. The van der Waals surface area contributed by atoms with Gasteiger partial charge in [-0.2, -0.15) is 0 Å². The molecule has 0 bridgehead atoms. The molecule has 0 spiro atoms. The zero-order chi connectivity index (χ0) is 10.8. The Morgan fingerprint density at radius 3 is 2.36 bits per heavy atom. The molecule has 0 atom stereocenters. The van der Waals surface area contributed by atoms with E-state index in [0.29, 0.717) is 0 Å². The summed E-state index contributed by atoms with van der Waals surface area (Å²) in [6.45, 7) is 6.25. The molecule has 0 aromatic heterocycles. The molecule has 14 heavy (non-hydrogen) atoms. The van der Waals surface area contributed by atoms with Gasteiger partial charge in [0, 0.05) is 14.9 Å². The van der Waals surface area contributed by atoms with Gasteiger partial charge in [0.05, 0.1) is 0 Å². The van der Waals surface area contributed by atoms with Gasteiger partial charge in [-0.1, -0.05) is 44.2 Å². The Morgan fingerprint density at radius 1 is 1.29 bits per heavy atom. The van der Waals surface area contributed by atoms with Crippen LogP contribution in [0.2, 0.25) is 0 Å². The van der Waals surface area contributed by atoms with Crippen molar-refractivity contribution in [3.8, 4) is 0 Å². The van der Waals surface area contributed by atoms with Crippen LogP contribution in [0.4, 0.5) is 0 Å². The van der Waals surface area contributed by atoms with E-state index in [1.54, 1.807) is 0 Å². The summed E-state index contributed by atoms with van der Waals surface area (Å²) in [5, 5.41) is 2.76. The average molecular weight is 195 g/mol. The highest BCUT2D eigenvalue weighted by Gasteiger charge is 1.92. The van der Waals surface area contributed by atoms with E-state index in [1.165, 1.54) is 12.5 Å². The highest BCUT2D eigenvalue weighted by Crippen LogP contribution is 1.97. The SMILES string of the molecule is CC.CC(=O)NCCc1ccccc1.[HH]. The maximum Gasteiger partial charge on any atom is 0.216 e. The van der Waals surface area contributed by atoms with Crippen molar-refractivity contribution < 1.29 is 6.22 Å². The van der Waals surface area contributed by atoms with Crippen molar-refractivity contribution in [2.24, 2.45) is 0 Å². The van der Waals surface area contributed by atoms with Gasteiger partial charge in [-0.15, -0.1) is 0 Å². The second kappa shape index (κ2) is 8.30. The van der Waals surface area contributed by atoms with Gasteiger partial charge < -0.3 is 5.32 Å². The summed E-state index contributed by atoms with van der Waals surface area (Å²) in [5.74, 6) is 0.0333. The van der Waals surface area contributed by atoms with Crippen LogP contribution in [0, 0.1) is 0 Å². The molecule has 1 amide bonds. The van der Waals surface area contributed by atoms with Gasteiger partial charge in [-0.3, -0.25) is 4.79 Å². The number of hydrogen-bond acceptors (Lipinski definition) is 1. The van der Waals surface area contributed by atoms with E-state index in [-0.39, 0.29) is 7.33 Å². The first-order valence-electron chi connectivity index (χ1n) is 5.07. The molecule has 0 aliphatic carbocycles. The molecule has 0 radical (unpaired) electrons. The second-order valence-electron chi connectivity index (χ2n) is 2.72. The number of hydrogen-bond donors (Lipinski definition) is 1. The Kier molecular flexibility index (Phi) is 7.52. The maximum atomic E-state index is 10.5. The van der Waals surface area contributed by atoms with Gasteiger partial charge >= 0.3 is 0 Å². The smallest absolute Gasteiger partial charge is 0.216 e. The number of carbonyl (C=O) groups is 1. The summed E-state index contributed by atoms with van der Waals surface area (Å²) in [5.41, 5.74) is 1.26. The molecule has 0 unspecified atom stereocenters. The highest BCUT2D eigenvalue weighted by molar-refractivity contribution is 5.72. The Hall–Kier alpha value is -1.31. The molecule has 0 saturated carbocycles. The van der Waals surface area contributed by atoms with Crippen LogP contribution < -0.4 is 5.32 Å². The van der Waals surface area contributed by atoms with Gasteiger partial charge in [0.15, 0.2) is 0 Å². The van der Waals surface area contributed by atoms with Crippen molar-refractivity contribution in [1.82, 2.24) is 5.32 Å². The Morgan fingerprint density at radius 2 is 1.86 bits per heavy atom. The van der Waals surface area contributed by atoms with E-state index in [4.69, 9.17) is 0 Å². The molecule has 1 N–H and O–H groups in total. The maximum absolute atomic E-state index is 10.5. The summed E-state index contributed by atoms with van der Waals surface area (Å²) < 4.78 is 0. The third-order valence-corrected chi connectivity index (χ3v) is 1.63. The molecule has 1 rings (SSSR count). The normalized spacial score (nSPS) is 8.50. The largest absolute Gasteiger partial charge is 0.356 e. The average Bonchev–Trinajstić information content (AvgIpc) is 2.22. The first kappa shape index (κ1) is 12.7. The van der Waals surface area contributed by atoms with Crippen molar-refractivity contribution in [2.45, 2.75) is 27.2 Å². The molecule has 0 aliphatic heterocycles. The van der Waals surface area contributed by atoms with Crippen molar-refractivity contribution in [3.63, 3.8) is 0 Å². The number of rotatable bonds is 3. The van der Waals surface area contributed by atoms with Crippen LogP contribution in [-0.2, 0) is 11.2 Å². The fourth-order valence-electron chi connectivity index (χ4n) is 1.03. The summed E-state index contributed by atoms with van der Waals surface area (Å²) in [4.78, 5) is 10.5. The number of nitrogens with one attached hydrogen (secondary N) is 1. The van der Waals surface area contributed by atoms with Gasteiger partial charge in [0.1, 0.15) is 0 Å². The minimum absolute atomic E-state index is 0. The van der Waals surface area contributed by atoms with Gasteiger partial charge in [-0.25, -0.2) is 0 Å². The van der Waals surface area contributed by atoms with E-state index >= 15 is 0 Å². The van der Waals surface area contributed by atoms with E-state index < -0.39 is 0 Å². The monoisotopic (exact) mass is 195 g/mol. The summed E-state index contributed by atoms with van der Waals surface area (Å²) in [6.07, 6.45) is 0.903. The first-order chi connectivity index (χ1) is 6.79. The lowest BCUT2D eigenvalue weighted by Gasteiger charge is -2.01. The predicted molar refractivity (Wildman–Crippen MR) is 62.3 cm³/mol. The minimum atomic E-state index is 0. The fraction of sp³-hybridized carbons (Fsp3) is 0.417. The summed E-state index contributed by atoms with van der Waals surface area (Å²) >= 11 is 0. The van der Waals surface area contributed by atoms with Crippen LogP contribution in [0.3, 0.4) is 0 Å². The van der Waals surface area contributed by atoms with Crippen LogP contribution in [0.15, 0.2) is 30.3 Å². The molecule has 2 heteroatoms. The van der Waals surface area contributed by atoms with Crippen molar-refractivity contribution in [1.29, 1.82) is 0 Å². The lowest BCUT2D eigenvalue weighted by atomic mass is 10.1. The summed E-state index contributed by atoms with van der Waals surface area (Å²) in [7, 11) is 0. The Balaban J connectivity index is 0. The molecule has 1 aromatic carbocycles. The Bertz CT molecular complexity index is 249. The van der Waals surface area contributed by atoms with Gasteiger partial charge in [0.25, 0.3) is 0 Å². The topological polar surface area (TPSA) is 29.1 Å². The molecule has 0 fully saturated rings. The molecule has 0 heterocycles. The summed E-state index contributed by atoms with van der Waals surface area (Å²) in [6, 6.07) is 10.1. The van der Waals surface area contributed by atoms with Crippen LogP contribution in [0.5, 0.6) is 0 Å². The fourth-order valence-corrected chi connectivity index (χ4v) is 1.03. The van der Waals surface area contributed by atoms with Gasteiger partial charge in [0.2, 0.25) is 5.91 Å². The van der Waals surface area contributed by atoms with Crippen molar-refractivity contribution in [2.75, 3.05) is 6.54 Å². The molecule has 0 aliphatic rings. The number of amides is 1.